The van der Waals surface area contributed by atoms with Crippen molar-refractivity contribution in [2.75, 3.05) is 13.7 Å². The molecule has 0 unspecified atom stereocenters. The van der Waals surface area contributed by atoms with Crippen LogP contribution in [0.3, 0.4) is 0 Å². The molecule has 0 bridgehead atoms. The number of urea groups is 1. The van der Waals surface area contributed by atoms with Gasteiger partial charge in [-0.25, -0.2) is 9.31 Å². The first-order valence-corrected chi connectivity index (χ1v) is 9.63. The van der Waals surface area contributed by atoms with E-state index in [9.17, 15) is 4.79 Å². The van der Waals surface area contributed by atoms with E-state index in [1.165, 1.54) is 0 Å². The van der Waals surface area contributed by atoms with Crippen molar-refractivity contribution in [3.05, 3.63) is 48.3 Å². The summed E-state index contributed by atoms with van der Waals surface area (Å²) in [7, 11) is 1.66. The van der Waals surface area contributed by atoms with Gasteiger partial charge in [-0.3, -0.25) is 0 Å². The SMILES string of the molecule is COc1cccc(-c2ccc3c([C@@H]4CCCN4C(=O)NC(C)C)nnn3c2)c1. The number of methoxy groups -OCH3 is 1. The Kier molecular flexibility index (Phi) is 4.90. The zero-order valence-corrected chi connectivity index (χ0v) is 16.4. The van der Waals surface area contributed by atoms with Crippen LogP contribution < -0.4 is 10.1 Å². The second-order valence-corrected chi connectivity index (χ2v) is 7.41. The molecule has 1 N–H and O–H groups in total. The summed E-state index contributed by atoms with van der Waals surface area (Å²) >= 11 is 0. The molecule has 2 aromatic heterocycles. The number of carbonyl (C=O) groups excluding carboxylic acids is 1. The third-order valence-electron chi connectivity index (χ3n) is 5.08. The maximum absolute atomic E-state index is 12.5. The standard InChI is InChI=1S/C21H25N5O2/c1-14(2)22-21(27)25-11-5-8-18(25)20-19-10-9-16(13-26(19)24-23-20)15-6-4-7-17(12-15)28-3/h4,6-7,9-10,12-14,18H,5,8,11H2,1-3H3,(H,22,27)/t18-/m0/s1. The van der Waals surface area contributed by atoms with Crippen LogP contribution in [0.4, 0.5) is 4.79 Å². The largest absolute Gasteiger partial charge is 0.497 e. The molecule has 1 aliphatic heterocycles. The molecular formula is C21H25N5O2. The highest BCUT2D eigenvalue weighted by Crippen LogP contribution is 2.33. The van der Waals surface area contributed by atoms with E-state index in [1.807, 2.05) is 55.3 Å². The van der Waals surface area contributed by atoms with Crippen molar-refractivity contribution in [2.24, 2.45) is 0 Å². The monoisotopic (exact) mass is 379 g/mol. The van der Waals surface area contributed by atoms with Crippen molar-refractivity contribution in [1.29, 1.82) is 0 Å². The van der Waals surface area contributed by atoms with Gasteiger partial charge in [0.2, 0.25) is 0 Å². The number of nitrogens with one attached hydrogen (secondary N) is 1. The van der Waals surface area contributed by atoms with E-state index < -0.39 is 0 Å². The van der Waals surface area contributed by atoms with Crippen molar-refractivity contribution in [1.82, 2.24) is 25.0 Å². The molecule has 0 spiro atoms. The van der Waals surface area contributed by atoms with Crippen molar-refractivity contribution in [3.63, 3.8) is 0 Å². The molecule has 1 fully saturated rings. The number of benzene rings is 1. The highest BCUT2D eigenvalue weighted by atomic mass is 16.5. The molecule has 2 amide bonds. The Labute approximate surface area is 164 Å². The van der Waals surface area contributed by atoms with Crippen LogP contribution in [0.1, 0.15) is 38.4 Å². The smallest absolute Gasteiger partial charge is 0.318 e. The third kappa shape index (κ3) is 3.40. The minimum atomic E-state index is -0.0427. The van der Waals surface area contributed by atoms with Crippen LogP contribution in [-0.4, -0.2) is 45.5 Å². The van der Waals surface area contributed by atoms with E-state index in [0.717, 1.165) is 47.5 Å². The van der Waals surface area contributed by atoms with Gasteiger partial charge in [0.15, 0.2) is 0 Å². The van der Waals surface area contributed by atoms with Gasteiger partial charge in [0, 0.05) is 24.3 Å². The molecule has 7 heteroatoms. The van der Waals surface area contributed by atoms with Crippen LogP contribution in [0.15, 0.2) is 42.6 Å². The van der Waals surface area contributed by atoms with Crippen molar-refractivity contribution < 1.29 is 9.53 Å². The number of rotatable bonds is 4. The summed E-state index contributed by atoms with van der Waals surface area (Å²) in [6.45, 7) is 4.68. The Balaban J connectivity index is 1.65. The molecule has 1 atom stereocenters. The Morgan fingerprint density at radius 3 is 2.89 bits per heavy atom. The predicted octanol–water partition coefficient (Wildman–Crippen LogP) is 3.66. The number of hydrogen-bond acceptors (Lipinski definition) is 4. The Morgan fingerprint density at radius 1 is 1.25 bits per heavy atom. The van der Waals surface area contributed by atoms with Crippen molar-refractivity contribution in [2.45, 2.75) is 38.8 Å². The summed E-state index contributed by atoms with van der Waals surface area (Å²) in [4.78, 5) is 14.4. The zero-order valence-electron chi connectivity index (χ0n) is 16.4. The van der Waals surface area contributed by atoms with Gasteiger partial charge in [-0.05, 0) is 50.5 Å². The van der Waals surface area contributed by atoms with Crippen LogP contribution in [0.5, 0.6) is 5.75 Å². The molecule has 4 rings (SSSR count). The quantitative estimate of drug-likeness (QED) is 0.751. The predicted molar refractivity (Wildman–Crippen MR) is 107 cm³/mol. The molecule has 7 nitrogen and oxygen atoms in total. The van der Waals surface area contributed by atoms with Crippen LogP contribution in [-0.2, 0) is 0 Å². The van der Waals surface area contributed by atoms with Gasteiger partial charge < -0.3 is 15.0 Å². The van der Waals surface area contributed by atoms with Crippen molar-refractivity contribution in [3.8, 4) is 16.9 Å². The van der Waals surface area contributed by atoms with Crippen LogP contribution in [0.25, 0.3) is 16.6 Å². The van der Waals surface area contributed by atoms with Gasteiger partial charge in [0.1, 0.15) is 11.4 Å². The second kappa shape index (κ2) is 7.50. The average molecular weight is 379 g/mol. The van der Waals surface area contributed by atoms with Crippen LogP contribution in [0.2, 0.25) is 0 Å². The van der Waals surface area contributed by atoms with Crippen LogP contribution >= 0.6 is 0 Å². The number of hydrogen-bond donors (Lipinski definition) is 1. The van der Waals surface area contributed by atoms with E-state index in [-0.39, 0.29) is 18.1 Å². The average Bonchev–Trinajstić information content (AvgIpc) is 3.33. The number of aromatic nitrogens is 3. The van der Waals surface area contributed by atoms with E-state index >= 15 is 0 Å². The van der Waals surface area contributed by atoms with Gasteiger partial charge in [0.25, 0.3) is 0 Å². The highest BCUT2D eigenvalue weighted by molar-refractivity contribution is 5.76. The maximum atomic E-state index is 12.5. The topological polar surface area (TPSA) is 71.8 Å². The molecule has 0 aliphatic carbocycles. The Bertz CT molecular complexity index is 997. The fourth-order valence-corrected chi connectivity index (χ4v) is 3.75. The highest BCUT2D eigenvalue weighted by Gasteiger charge is 2.33. The molecule has 1 aromatic carbocycles. The van der Waals surface area contributed by atoms with E-state index in [1.54, 1.807) is 11.6 Å². The van der Waals surface area contributed by atoms with Gasteiger partial charge in [0.05, 0.1) is 18.7 Å². The Morgan fingerprint density at radius 2 is 2.11 bits per heavy atom. The number of likely N-dealkylation sites (tertiary alicyclic amines) is 1. The first-order chi connectivity index (χ1) is 13.6. The van der Waals surface area contributed by atoms with E-state index in [0.29, 0.717) is 0 Å². The number of nitrogens with zero attached hydrogens (tertiary/aromatic N) is 4. The molecular weight excluding hydrogens is 354 g/mol. The number of carbonyl (C=O) groups is 1. The summed E-state index contributed by atoms with van der Waals surface area (Å²) < 4.78 is 7.11. The van der Waals surface area contributed by atoms with Crippen molar-refractivity contribution >= 4 is 11.5 Å². The lowest BCUT2D eigenvalue weighted by molar-refractivity contribution is 0.190. The summed E-state index contributed by atoms with van der Waals surface area (Å²) in [5.74, 6) is 0.814. The fraction of sp³-hybridized carbons (Fsp3) is 0.381. The Hall–Kier alpha value is -3.09. The van der Waals surface area contributed by atoms with Gasteiger partial charge >= 0.3 is 6.03 Å². The fourth-order valence-electron chi connectivity index (χ4n) is 3.75. The van der Waals surface area contributed by atoms with Gasteiger partial charge in [-0.15, -0.1) is 5.10 Å². The second-order valence-electron chi connectivity index (χ2n) is 7.41. The molecule has 28 heavy (non-hydrogen) atoms. The normalized spacial score (nSPS) is 16.7. The summed E-state index contributed by atoms with van der Waals surface area (Å²) in [6.07, 6.45) is 3.84. The molecule has 1 aliphatic rings. The molecule has 0 radical (unpaired) electrons. The number of ether oxygens (including phenoxy) is 1. The van der Waals surface area contributed by atoms with Gasteiger partial charge in [-0.1, -0.05) is 23.4 Å². The molecule has 3 aromatic rings. The van der Waals surface area contributed by atoms with Crippen LogP contribution in [0, 0.1) is 0 Å². The maximum Gasteiger partial charge on any atom is 0.318 e. The van der Waals surface area contributed by atoms with Gasteiger partial charge in [-0.2, -0.15) is 0 Å². The minimum absolute atomic E-state index is 0.0355. The molecule has 0 saturated carbocycles. The van der Waals surface area contributed by atoms with E-state index in [4.69, 9.17) is 4.74 Å². The first-order valence-electron chi connectivity index (χ1n) is 9.63. The number of pyridine rings is 1. The molecule has 3 heterocycles. The zero-order chi connectivity index (χ0) is 19.7. The lowest BCUT2D eigenvalue weighted by Crippen LogP contribution is -2.42. The number of amides is 2. The first kappa shape index (κ1) is 18.3. The summed E-state index contributed by atoms with van der Waals surface area (Å²) in [5.41, 5.74) is 3.87. The lowest BCUT2D eigenvalue weighted by Gasteiger charge is -2.24. The molecule has 146 valence electrons. The lowest BCUT2D eigenvalue weighted by atomic mass is 10.1. The molecule has 1 saturated heterocycles. The summed E-state index contributed by atoms with van der Waals surface area (Å²) in [5, 5.41) is 11.7. The minimum Gasteiger partial charge on any atom is -0.497 e. The summed E-state index contributed by atoms with van der Waals surface area (Å²) in [6, 6.07) is 12.0. The third-order valence-corrected chi connectivity index (χ3v) is 5.08. The van der Waals surface area contributed by atoms with E-state index in [2.05, 4.69) is 21.7 Å². The number of fused-ring (bicyclic) bond motifs is 1.